The van der Waals surface area contributed by atoms with Gasteiger partial charge in [-0.1, -0.05) is 18.2 Å². The third-order valence-electron chi connectivity index (χ3n) is 3.90. The average molecular weight is 381 g/mol. The fourth-order valence-electron chi connectivity index (χ4n) is 2.72. The summed E-state index contributed by atoms with van der Waals surface area (Å²) in [5.41, 5.74) is 1.87. The Bertz CT molecular complexity index is 1030. The maximum atomic E-state index is 13.7. The van der Waals surface area contributed by atoms with E-state index in [1.54, 1.807) is 0 Å². The second-order valence-electron chi connectivity index (χ2n) is 6.29. The molecule has 1 heterocycles. The summed E-state index contributed by atoms with van der Waals surface area (Å²) in [5, 5.41) is 4.86. The fraction of sp³-hybridized carbons (Fsp3) is 0.0952. The molecule has 1 aromatic heterocycles. The largest absolute Gasteiger partial charge is 0.321 e. The van der Waals surface area contributed by atoms with Gasteiger partial charge < -0.3 is 10.6 Å². The molecule has 0 spiro atoms. The third-order valence-corrected chi connectivity index (χ3v) is 3.90. The van der Waals surface area contributed by atoms with Crippen molar-refractivity contribution in [2.45, 2.75) is 13.8 Å². The summed E-state index contributed by atoms with van der Waals surface area (Å²) in [6.07, 6.45) is 0. The number of carbonyl (C=O) groups is 2. The van der Waals surface area contributed by atoms with Crippen LogP contribution in [0.15, 0.2) is 54.6 Å². The molecule has 3 rings (SSSR count). The number of hydrogen-bond acceptors (Lipinski definition) is 3. The highest BCUT2D eigenvalue weighted by Crippen LogP contribution is 2.19. The molecule has 0 bridgehead atoms. The molecule has 2 aromatic carbocycles. The van der Waals surface area contributed by atoms with Crippen molar-refractivity contribution in [2.75, 3.05) is 10.6 Å². The highest BCUT2D eigenvalue weighted by atomic mass is 19.1. The van der Waals surface area contributed by atoms with E-state index in [4.69, 9.17) is 0 Å². The lowest BCUT2D eigenvalue weighted by Gasteiger charge is -2.09. The van der Waals surface area contributed by atoms with Crippen LogP contribution in [0.2, 0.25) is 0 Å². The average Bonchev–Trinajstić information content (AvgIpc) is 2.64. The van der Waals surface area contributed by atoms with Gasteiger partial charge in [-0.05, 0) is 61.4 Å². The highest BCUT2D eigenvalue weighted by molar-refractivity contribution is 6.06. The molecule has 0 unspecified atom stereocenters. The van der Waals surface area contributed by atoms with Crippen LogP contribution in [0.25, 0.3) is 0 Å². The van der Waals surface area contributed by atoms with Gasteiger partial charge in [-0.2, -0.15) is 0 Å². The normalized spacial score (nSPS) is 10.4. The van der Waals surface area contributed by atoms with Gasteiger partial charge >= 0.3 is 0 Å². The van der Waals surface area contributed by atoms with Gasteiger partial charge in [0, 0.05) is 5.69 Å². The Morgan fingerprint density at radius 1 is 0.786 bits per heavy atom. The number of carbonyl (C=O) groups excluding carboxylic acids is 2. The Morgan fingerprint density at radius 3 is 1.86 bits per heavy atom. The number of halogens is 2. The number of rotatable bonds is 4. The number of para-hydroxylation sites is 1. The van der Waals surface area contributed by atoms with Crippen LogP contribution in [0.5, 0.6) is 0 Å². The molecule has 0 atom stereocenters. The number of amides is 2. The van der Waals surface area contributed by atoms with Gasteiger partial charge in [0.2, 0.25) is 0 Å². The molecule has 0 aliphatic carbocycles. The van der Waals surface area contributed by atoms with Gasteiger partial charge in [-0.3, -0.25) is 9.59 Å². The van der Waals surface area contributed by atoms with Crippen LogP contribution < -0.4 is 10.6 Å². The molecule has 3 aromatic rings. The van der Waals surface area contributed by atoms with Crippen molar-refractivity contribution in [1.29, 1.82) is 0 Å². The summed E-state index contributed by atoms with van der Waals surface area (Å²) in [6.45, 7) is 3.82. The maximum absolute atomic E-state index is 13.7. The summed E-state index contributed by atoms with van der Waals surface area (Å²) >= 11 is 0. The first-order valence-electron chi connectivity index (χ1n) is 8.45. The van der Waals surface area contributed by atoms with E-state index >= 15 is 0 Å². The van der Waals surface area contributed by atoms with Gasteiger partial charge in [0.25, 0.3) is 11.8 Å². The van der Waals surface area contributed by atoms with Crippen LogP contribution in [0, 0.1) is 25.5 Å². The fourth-order valence-corrected chi connectivity index (χ4v) is 2.72. The number of pyridine rings is 1. The monoisotopic (exact) mass is 381 g/mol. The molecular weight excluding hydrogens is 364 g/mol. The Kier molecular flexibility index (Phi) is 5.44. The van der Waals surface area contributed by atoms with E-state index in [2.05, 4.69) is 15.6 Å². The predicted octanol–water partition coefficient (Wildman–Crippen LogP) is 4.48. The van der Waals surface area contributed by atoms with Gasteiger partial charge in [0.15, 0.2) is 0 Å². The van der Waals surface area contributed by atoms with Crippen molar-refractivity contribution in [3.8, 4) is 0 Å². The van der Waals surface area contributed by atoms with Crippen molar-refractivity contribution in [3.05, 3.63) is 88.7 Å². The molecule has 142 valence electrons. The summed E-state index contributed by atoms with van der Waals surface area (Å²) in [6, 6.07) is 13.1. The van der Waals surface area contributed by atoms with Crippen molar-refractivity contribution in [1.82, 2.24) is 4.98 Å². The number of aryl methyl sites for hydroxylation is 2. The minimum absolute atomic E-state index is 0.000754. The molecule has 2 N–H and O–H groups in total. The van der Waals surface area contributed by atoms with E-state index in [1.165, 1.54) is 24.3 Å². The van der Waals surface area contributed by atoms with Crippen LogP contribution >= 0.6 is 0 Å². The van der Waals surface area contributed by atoms with Crippen LogP contribution in [0.3, 0.4) is 0 Å². The molecular formula is C21H17F2N3O2. The lowest BCUT2D eigenvalue weighted by Crippen LogP contribution is -2.19. The SMILES string of the molecule is Cc1cc(C)cc(NC(=O)c2cccc(C(=O)Nc3c(F)cccc3F)n2)c1. The number of nitrogens with one attached hydrogen (secondary N) is 2. The zero-order valence-corrected chi connectivity index (χ0v) is 15.2. The molecule has 0 fully saturated rings. The number of anilines is 2. The van der Waals surface area contributed by atoms with Crippen molar-refractivity contribution in [3.63, 3.8) is 0 Å². The van der Waals surface area contributed by atoms with Crippen molar-refractivity contribution >= 4 is 23.2 Å². The van der Waals surface area contributed by atoms with Gasteiger partial charge in [-0.15, -0.1) is 0 Å². The maximum Gasteiger partial charge on any atom is 0.274 e. The number of aromatic nitrogens is 1. The van der Waals surface area contributed by atoms with Crippen LogP contribution in [0.1, 0.15) is 32.1 Å². The molecule has 5 nitrogen and oxygen atoms in total. The van der Waals surface area contributed by atoms with E-state index in [9.17, 15) is 18.4 Å². The number of hydrogen-bond donors (Lipinski definition) is 2. The summed E-state index contributed by atoms with van der Waals surface area (Å²) in [5.74, 6) is -3.14. The molecule has 0 aliphatic heterocycles. The Labute approximate surface area is 160 Å². The van der Waals surface area contributed by atoms with E-state index in [0.29, 0.717) is 5.69 Å². The molecule has 2 amide bonds. The summed E-state index contributed by atoms with van der Waals surface area (Å²) in [7, 11) is 0. The number of nitrogens with zero attached hydrogens (tertiary/aromatic N) is 1. The standard InChI is InChI=1S/C21H17F2N3O2/c1-12-9-13(2)11-14(10-12)24-20(27)17-7-4-8-18(25-17)21(28)26-19-15(22)5-3-6-16(19)23/h3-11H,1-2H3,(H,24,27)(H,26,28). The zero-order valence-electron chi connectivity index (χ0n) is 15.2. The minimum Gasteiger partial charge on any atom is -0.321 e. The quantitative estimate of drug-likeness (QED) is 0.700. The number of benzene rings is 2. The topological polar surface area (TPSA) is 71.1 Å². The molecule has 0 aliphatic rings. The van der Waals surface area contributed by atoms with Crippen LogP contribution in [0.4, 0.5) is 20.2 Å². The van der Waals surface area contributed by atoms with E-state index < -0.39 is 29.1 Å². The molecule has 7 heteroatoms. The van der Waals surface area contributed by atoms with E-state index in [1.807, 2.05) is 32.0 Å². The minimum atomic E-state index is -0.905. The molecule has 0 saturated heterocycles. The lowest BCUT2D eigenvalue weighted by molar-refractivity contribution is 0.101. The third kappa shape index (κ3) is 4.37. The molecule has 0 saturated carbocycles. The van der Waals surface area contributed by atoms with Crippen molar-refractivity contribution < 1.29 is 18.4 Å². The van der Waals surface area contributed by atoms with Crippen LogP contribution in [-0.2, 0) is 0 Å². The Balaban J connectivity index is 1.79. The smallest absolute Gasteiger partial charge is 0.274 e. The van der Waals surface area contributed by atoms with Crippen molar-refractivity contribution in [2.24, 2.45) is 0 Å². The lowest BCUT2D eigenvalue weighted by atomic mass is 10.1. The van der Waals surface area contributed by atoms with Gasteiger partial charge in [0.05, 0.1) is 0 Å². The first-order valence-corrected chi connectivity index (χ1v) is 8.45. The van der Waals surface area contributed by atoms with E-state index in [-0.39, 0.29) is 11.4 Å². The van der Waals surface area contributed by atoms with E-state index in [0.717, 1.165) is 23.3 Å². The Morgan fingerprint density at radius 2 is 1.29 bits per heavy atom. The summed E-state index contributed by atoms with van der Waals surface area (Å²) < 4.78 is 27.4. The second-order valence-corrected chi connectivity index (χ2v) is 6.29. The first-order chi connectivity index (χ1) is 13.3. The zero-order chi connectivity index (χ0) is 20.3. The predicted molar refractivity (Wildman–Crippen MR) is 102 cm³/mol. The molecule has 28 heavy (non-hydrogen) atoms. The highest BCUT2D eigenvalue weighted by Gasteiger charge is 2.16. The second kappa shape index (κ2) is 7.96. The van der Waals surface area contributed by atoms with Crippen LogP contribution in [-0.4, -0.2) is 16.8 Å². The molecule has 0 radical (unpaired) electrons. The Hall–Kier alpha value is -3.61. The van der Waals surface area contributed by atoms with Gasteiger partial charge in [0.1, 0.15) is 28.7 Å². The summed E-state index contributed by atoms with van der Waals surface area (Å²) in [4.78, 5) is 28.8. The van der Waals surface area contributed by atoms with Gasteiger partial charge in [-0.25, -0.2) is 13.8 Å². The first kappa shape index (κ1) is 19.2.